The number of H-pyrrole nitrogens is 1. The van der Waals surface area contributed by atoms with E-state index in [4.69, 9.17) is 4.74 Å². The lowest BCUT2D eigenvalue weighted by molar-refractivity contribution is 0.474. The molecule has 34 heavy (non-hydrogen) atoms. The van der Waals surface area contributed by atoms with Gasteiger partial charge in [-0.2, -0.15) is 5.26 Å². The fraction of sp³-hybridized carbons (Fsp3) is 0.0417. The number of hydrogen-bond donors (Lipinski definition) is 1. The first-order valence-electron chi connectivity index (χ1n) is 9.86. The van der Waals surface area contributed by atoms with Crippen molar-refractivity contribution in [2.75, 3.05) is 0 Å². The second kappa shape index (κ2) is 8.80. The number of rotatable bonds is 5. The van der Waals surface area contributed by atoms with Gasteiger partial charge in [0.25, 0.3) is 5.56 Å². The summed E-state index contributed by atoms with van der Waals surface area (Å²) in [6.07, 6.45) is 0. The summed E-state index contributed by atoms with van der Waals surface area (Å²) in [6, 6.07) is 18.5. The standard InChI is InChI=1S/C24H16FN3O5S/c1-15-7-5-6-10-20(15)33-21-12-19(18(25)11-16(21)14-26)28-23(29)13-22(27-24(28)30)34(31,32)17-8-3-2-4-9-17/h2-13H,1H3,(H,27,30). The Labute approximate surface area is 193 Å². The highest BCUT2D eigenvalue weighted by molar-refractivity contribution is 7.91. The molecular formula is C24H16FN3O5S. The number of aromatic amines is 1. The molecule has 0 fully saturated rings. The molecule has 0 atom stereocenters. The Morgan fingerprint density at radius 2 is 1.65 bits per heavy atom. The summed E-state index contributed by atoms with van der Waals surface area (Å²) in [6.45, 7) is 1.77. The van der Waals surface area contributed by atoms with Crippen LogP contribution in [0.1, 0.15) is 11.1 Å². The van der Waals surface area contributed by atoms with E-state index in [2.05, 4.69) is 4.98 Å². The lowest BCUT2D eigenvalue weighted by Gasteiger charge is -2.13. The number of aryl methyl sites for hydroxylation is 1. The number of halogens is 1. The van der Waals surface area contributed by atoms with Gasteiger partial charge in [-0.15, -0.1) is 0 Å². The Hall–Kier alpha value is -4.49. The van der Waals surface area contributed by atoms with E-state index < -0.39 is 37.6 Å². The summed E-state index contributed by atoms with van der Waals surface area (Å²) in [4.78, 5) is 27.5. The minimum absolute atomic E-state index is 0.0829. The van der Waals surface area contributed by atoms with Crippen LogP contribution in [-0.2, 0) is 9.84 Å². The molecule has 4 rings (SSSR count). The van der Waals surface area contributed by atoms with Gasteiger partial charge in [-0.1, -0.05) is 36.4 Å². The zero-order chi connectivity index (χ0) is 24.5. The topological polar surface area (TPSA) is 122 Å². The second-order valence-electron chi connectivity index (χ2n) is 7.21. The predicted octanol–water partition coefficient (Wildman–Crippen LogP) is 3.47. The van der Waals surface area contributed by atoms with E-state index in [1.165, 1.54) is 24.3 Å². The van der Waals surface area contributed by atoms with Crippen molar-refractivity contribution in [3.05, 3.63) is 111 Å². The minimum atomic E-state index is -4.19. The van der Waals surface area contributed by atoms with E-state index in [0.29, 0.717) is 16.4 Å². The maximum Gasteiger partial charge on any atom is 0.334 e. The number of sulfone groups is 1. The van der Waals surface area contributed by atoms with Crippen molar-refractivity contribution in [3.63, 3.8) is 0 Å². The summed E-state index contributed by atoms with van der Waals surface area (Å²) >= 11 is 0. The smallest absolute Gasteiger partial charge is 0.334 e. The molecule has 8 nitrogen and oxygen atoms in total. The summed E-state index contributed by atoms with van der Waals surface area (Å²) in [5.41, 5.74) is -2.17. The third-order valence-electron chi connectivity index (χ3n) is 4.98. The quantitative estimate of drug-likeness (QED) is 0.439. The number of hydrogen-bond acceptors (Lipinski definition) is 6. The Bertz CT molecular complexity index is 1640. The Morgan fingerprint density at radius 1 is 0.971 bits per heavy atom. The van der Waals surface area contributed by atoms with Crippen molar-refractivity contribution in [3.8, 4) is 23.3 Å². The Balaban J connectivity index is 1.85. The van der Waals surface area contributed by atoms with Gasteiger partial charge in [0.15, 0.2) is 0 Å². The molecular weight excluding hydrogens is 461 g/mol. The summed E-state index contributed by atoms with van der Waals surface area (Å²) in [5.74, 6) is -0.734. The molecule has 170 valence electrons. The molecule has 10 heteroatoms. The minimum Gasteiger partial charge on any atom is -0.456 e. The Morgan fingerprint density at radius 3 is 2.29 bits per heavy atom. The maximum atomic E-state index is 14.8. The zero-order valence-electron chi connectivity index (χ0n) is 17.7. The highest BCUT2D eigenvalue weighted by atomic mass is 32.2. The van der Waals surface area contributed by atoms with Crippen LogP contribution in [0.4, 0.5) is 4.39 Å². The molecule has 1 aromatic heterocycles. The van der Waals surface area contributed by atoms with Crippen molar-refractivity contribution >= 4 is 9.84 Å². The van der Waals surface area contributed by atoms with Crippen LogP contribution in [0.25, 0.3) is 5.69 Å². The number of nitrogens with one attached hydrogen (secondary N) is 1. The van der Waals surface area contributed by atoms with Crippen molar-refractivity contribution in [1.82, 2.24) is 9.55 Å². The molecule has 0 radical (unpaired) electrons. The SMILES string of the molecule is Cc1ccccc1Oc1cc(-n2c(=O)cc(S(=O)(=O)c3ccccc3)[nH]c2=O)c(F)cc1C#N. The first-order chi connectivity index (χ1) is 16.2. The van der Waals surface area contributed by atoms with Crippen LogP contribution >= 0.6 is 0 Å². The van der Waals surface area contributed by atoms with E-state index in [1.807, 2.05) is 6.07 Å². The van der Waals surface area contributed by atoms with Crippen LogP contribution in [0, 0.1) is 24.1 Å². The zero-order valence-corrected chi connectivity index (χ0v) is 18.5. The molecule has 0 spiro atoms. The lowest BCUT2D eigenvalue weighted by Crippen LogP contribution is -2.35. The van der Waals surface area contributed by atoms with E-state index in [9.17, 15) is 27.7 Å². The van der Waals surface area contributed by atoms with Gasteiger partial charge in [-0.3, -0.25) is 9.78 Å². The number of ether oxygens (including phenoxy) is 1. The molecule has 0 bridgehead atoms. The second-order valence-corrected chi connectivity index (χ2v) is 9.13. The molecule has 0 aliphatic rings. The molecule has 0 amide bonds. The van der Waals surface area contributed by atoms with Crippen LogP contribution in [0.5, 0.6) is 11.5 Å². The molecule has 1 heterocycles. The van der Waals surface area contributed by atoms with Gasteiger partial charge in [-0.05, 0) is 36.8 Å². The highest BCUT2D eigenvalue weighted by Gasteiger charge is 2.23. The number of para-hydroxylation sites is 1. The number of nitrogens with zero attached hydrogens (tertiary/aromatic N) is 2. The number of benzene rings is 3. The van der Waals surface area contributed by atoms with Crippen molar-refractivity contribution < 1.29 is 17.5 Å². The van der Waals surface area contributed by atoms with Gasteiger partial charge in [0, 0.05) is 12.1 Å². The Kier molecular flexibility index (Phi) is 5.88. The van der Waals surface area contributed by atoms with Crippen LogP contribution in [0.15, 0.2) is 92.3 Å². The van der Waals surface area contributed by atoms with Crippen molar-refractivity contribution in [2.24, 2.45) is 0 Å². The molecule has 0 saturated carbocycles. The monoisotopic (exact) mass is 477 g/mol. The van der Waals surface area contributed by atoms with E-state index in [-0.39, 0.29) is 16.2 Å². The molecule has 1 N–H and O–H groups in total. The van der Waals surface area contributed by atoms with Crippen molar-refractivity contribution in [1.29, 1.82) is 5.26 Å². The van der Waals surface area contributed by atoms with Crippen LogP contribution in [-0.4, -0.2) is 18.0 Å². The molecule has 0 saturated heterocycles. The van der Waals surface area contributed by atoms with Gasteiger partial charge in [0.05, 0.1) is 16.1 Å². The molecule has 0 aliphatic heterocycles. The van der Waals surface area contributed by atoms with Gasteiger partial charge < -0.3 is 4.74 Å². The molecule has 0 aliphatic carbocycles. The van der Waals surface area contributed by atoms with E-state index >= 15 is 0 Å². The van der Waals surface area contributed by atoms with Crippen LogP contribution in [0.2, 0.25) is 0 Å². The van der Waals surface area contributed by atoms with Crippen LogP contribution < -0.4 is 16.0 Å². The normalized spacial score (nSPS) is 11.1. The summed E-state index contributed by atoms with van der Waals surface area (Å²) in [5, 5.41) is 8.77. The van der Waals surface area contributed by atoms with Gasteiger partial charge in [-0.25, -0.2) is 22.2 Å². The molecule has 4 aromatic rings. The predicted molar refractivity (Wildman–Crippen MR) is 120 cm³/mol. The fourth-order valence-corrected chi connectivity index (χ4v) is 4.50. The average Bonchev–Trinajstić information content (AvgIpc) is 2.82. The maximum absolute atomic E-state index is 14.8. The van der Waals surface area contributed by atoms with E-state index in [1.54, 1.807) is 37.3 Å². The number of aromatic nitrogens is 2. The van der Waals surface area contributed by atoms with Gasteiger partial charge in [0.1, 0.15) is 28.4 Å². The summed E-state index contributed by atoms with van der Waals surface area (Å²) in [7, 11) is -4.19. The number of nitriles is 1. The highest BCUT2D eigenvalue weighted by Crippen LogP contribution is 2.30. The van der Waals surface area contributed by atoms with Gasteiger partial charge in [0.2, 0.25) is 9.84 Å². The lowest BCUT2D eigenvalue weighted by atomic mass is 10.1. The third kappa shape index (κ3) is 4.12. The molecule has 0 unspecified atom stereocenters. The third-order valence-corrected chi connectivity index (χ3v) is 6.67. The summed E-state index contributed by atoms with van der Waals surface area (Å²) < 4.78 is 46.6. The first-order valence-corrected chi connectivity index (χ1v) is 11.3. The largest absolute Gasteiger partial charge is 0.456 e. The van der Waals surface area contributed by atoms with Gasteiger partial charge >= 0.3 is 5.69 Å². The first kappa shape index (κ1) is 22.7. The molecule has 3 aromatic carbocycles. The fourth-order valence-electron chi connectivity index (χ4n) is 3.25. The average molecular weight is 477 g/mol. The van der Waals surface area contributed by atoms with E-state index in [0.717, 1.165) is 17.7 Å². The van der Waals surface area contributed by atoms with Crippen molar-refractivity contribution in [2.45, 2.75) is 16.8 Å². The van der Waals surface area contributed by atoms with Crippen LogP contribution in [0.3, 0.4) is 0 Å².